The van der Waals surface area contributed by atoms with Gasteiger partial charge in [-0.15, -0.1) is 0 Å². The zero-order valence-corrected chi connectivity index (χ0v) is 23.1. The number of benzene rings is 1. The van der Waals surface area contributed by atoms with E-state index in [2.05, 4.69) is 46.4 Å². The minimum atomic E-state index is -2.73. The number of hydrogen-bond donors (Lipinski definition) is 4. The Balaban J connectivity index is 1.59. The van der Waals surface area contributed by atoms with Crippen LogP contribution in [-0.4, -0.2) is 62.4 Å². The van der Waals surface area contributed by atoms with Crippen molar-refractivity contribution in [3.05, 3.63) is 59.7 Å². The summed E-state index contributed by atoms with van der Waals surface area (Å²) >= 11 is 0. The molecule has 1 saturated carbocycles. The molecule has 4 N–H and O–H groups in total. The first-order valence-corrected chi connectivity index (χ1v) is 13.9. The Morgan fingerprint density at radius 1 is 1.10 bits per heavy atom. The summed E-state index contributed by atoms with van der Waals surface area (Å²) in [7, 11) is 0. The van der Waals surface area contributed by atoms with E-state index in [1.807, 2.05) is 24.3 Å². The van der Waals surface area contributed by atoms with Crippen molar-refractivity contribution in [2.24, 2.45) is 0 Å². The summed E-state index contributed by atoms with van der Waals surface area (Å²) in [6.45, 7) is 6.59. The third-order valence-electron chi connectivity index (χ3n) is 8.27. The van der Waals surface area contributed by atoms with E-state index in [-0.39, 0.29) is 49.8 Å². The van der Waals surface area contributed by atoms with Gasteiger partial charge in [0.2, 0.25) is 11.8 Å². The van der Waals surface area contributed by atoms with Gasteiger partial charge in [-0.25, -0.2) is 13.8 Å². The van der Waals surface area contributed by atoms with Crippen LogP contribution in [0.15, 0.2) is 43.0 Å². The summed E-state index contributed by atoms with van der Waals surface area (Å²) in [4.78, 5) is 40.2. The number of imidazole rings is 1. The summed E-state index contributed by atoms with van der Waals surface area (Å²) in [5.41, 5.74) is 3.25. The number of hydrogen-bond acceptors (Lipinski definition) is 6. The van der Waals surface area contributed by atoms with E-state index < -0.39 is 41.9 Å². The second-order valence-corrected chi connectivity index (χ2v) is 12.2. The van der Waals surface area contributed by atoms with Gasteiger partial charge in [-0.05, 0) is 35.8 Å². The number of rotatable bonds is 7. The molecule has 3 aromatic rings. The largest absolute Gasteiger partial charge is 0.392 e. The number of Topliss-reactive ketones (excluding diaryl/α,β-unsaturated/α-hetero) is 1. The maximum Gasteiger partial charge on any atom is 0.248 e. The number of aromatic amines is 1. The second kappa shape index (κ2) is 11.0. The molecule has 1 aromatic carbocycles. The number of pyridine rings is 1. The number of nitrogens with zero attached hydrogens (tertiary/aromatic N) is 2. The van der Waals surface area contributed by atoms with Crippen LogP contribution in [0.4, 0.5) is 8.78 Å². The third-order valence-corrected chi connectivity index (χ3v) is 8.27. The molecule has 1 aliphatic heterocycles. The number of aromatic nitrogens is 3. The number of nitrogens with one attached hydrogen (secondary N) is 3. The minimum Gasteiger partial charge on any atom is -0.392 e. The fraction of sp³-hybridized carbons (Fsp3) is 0.533. The monoisotopic (exact) mass is 553 g/mol. The predicted molar refractivity (Wildman–Crippen MR) is 147 cm³/mol. The fourth-order valence-electron chi connectivity index (χ4n) is 5.92. The highest BCUT2D eigenvalue weighted by molar-refractivity contribution is 6.00. The SMILES string of the molecule is CC(C)(C)c1ccc(C(C(=O)[C@H]2C[C@@H](O)CN2)C(C(=O)NC2CCC(F)(F)CC2)c2cncc3[nH]cnc23)cc1. The van der Waals surface area contributed by atoms with Crippen LogP contribution in [-0.2, 0) is 15.0 Å². The number of H-pyrrole nitrogens is 1. The average molecular weight is 554 g/mol. The number of fused-ring (bicyclic) bond motifs is 1. The van der Waals surface area contributed by atoms with Gasteiger partial charge in [0.15, 0.2) is 5.78 Å². The lowest BCUT2D eigenvalue weighted by molar-refractivity contribution is -0.130. The van der Waals surface area contributed by atoms with Gasteiger partial charge in [0, 0.05) is 37.2 Å². The van der Waals surface area contributed by atoms with Gasteiger partial charge in [-0.3, -0.25) is 14.6 Å². The molecule has 0 radical (unpaired) electrons. The predicted octanol–water partition coefficient (Wildman–Crippen LogP) is 4.11. The van der Waals surface area contributed by atoms with E-state index >= 15 is 0 Å². The van der Waals surface area contributed by atoms with Crippen LogP contribution in [0.25, 0.3) is 11.0 Å². The van der Waals surface area contributed by atoms with E-state index in [1.54, 1.807) is 12.4 Å². The molecular weight excluding hydrogens is 516 g/mol. The lowest BCUT2D eigenvalue weighted by Crippen LogP contribution is -2.46. The number of alkyl halides is 2. The molecule has 0 spiro atoms. The Bertz CT molecular complexity index is 1360. The van der Waals surface area contributed by atoms with Crippen LogP contribution in [0, 0.1) is 0 Å². The van der Waals surface area contributed by atoms with Crippen LogP contribution >= 0.6 is 0 Å². The van der Waals surface area contributed by atoms with E-state index in [1.165, 1.54) is 6.33 Å². The molecule has 1 saturated heterocycles. The lowest BCUT2D eigenvalue weighted by atomic mass is 9.75. The van der Waals surface area contributed by atoms with Crippen LogP contribution in [0.1, 0.15) is 81.4 Å². The Kier molecular flexibility index (Phi) is 7.76. The first-order chi connectivity index (χ1) is 18.9. The number of aliphatic hydroxyl groups excluding tert-OH is 1. The lowest BCUT2D eigenvalue weighted by Gasteiger charge is -2.33. The number of carbonyl (C=O) groups is 2. The zero-order chi connectivity index (χ0) is 28.7. The highest BCUT2D eigenvalue weighted by atomic mass is 19.3. The number of carbonyl (C=O) groups excluding carboxylic acids is 2. The first kappa shape index (κ1) is 28.3. The molecule has 1 amide bonds. The van der Waals surface area contributed by atoms with Gasteiger partial charge in [0.25, 0.3) is 0 Å². The Morgan fingerprint density at radius 2 is 1.80 bits per heavy atom. The van der Waals surface area contributed by atoms with E-state index in [4.69, 9.17) is 0 Å². The molecule has 0 bridgehead atoms. The van der Waals surface area contributed by atoms with Crippen molar-refractivity contribution < 1.29 is 23.5 Å². The first-order valence-electron chi connectivity index (χ1n) is 13.9. The molecule has 1 aliphatic carbocycles. The molecule has 3 heterocycles. The van der Waals surface area contributed by atoms with Gasteiger partial charge < -0.3 is 20.7 Å². The number of amides is 1. The van der Waals surface area contributed by atoms with E-state index in [9.17, 15) is 23.5 Å². The van der Waals surface area contributed by atoms with Gasteiger partial charge in [0.05, 0.1) is 47.5 Å². The fourth-order valence-corrected chi connectivity index (χ4v) is 5.92. The molecule has 214 valence electrons. The Hall–Kier alpha value is -3.24. The maximum atomic E-state index is 14.2. The second-order valence-electron chi connectivity index (χ2n) is 12.2. The van der Waals surface area contributed by atoms with Crippen molar-refractivity contribution in [3.63, 3.8) is 0 Å². The van der Waals surface area contributed by atoms with E-state index in [0.29, 0.717) is 22.2 Å². The highest BCUT2D eigenvalue weighted by Gasteiger charge is 2.43. The van der Waals surface area contributed by atoms with E-state index in [0.717, 1.165) is 5.56 Å². The standard InChI is InChI=1S/C30H37F2N5O3/c1-29(2,3)18-6-4-17(5-7-18)24(27(39)22-12-20(38)13-34-22)25(21-14-33-15-23-26(21)36-16-35-23)28(40)37-19-8-10-30(31,32)11-9-19/h4-7,14-16,19-20,22,24-25,34,38H,8-13H2,1-3H3,(H,35,36)(H,37,40)/t20-,22-,24?,25?/m1/s1. The Labute approximate surface area is 232 Å². The summed E-state index contributed by atoms with van der Waals surface area (Å²) < 4.78 is 27.7. The molecular formula is C30H37F2N5O3. The molecule has 10 heteroatoms. The molecule has 8 nitrogen and oxygen atoms in total. The maximum absolute atomic E-state index is 14.2. The minimum absolute atomic E-state index is 0.112. The van der Waals surface area contributed by atoms with Gasteiger partial charge in [-0.2, -0.15) is 0 Å². The number of β-amino-alcohol motifs (C(OH)–C–C–N with tert-alkyl or cyclic N) is 1. The van der Waals surface area contributed by atoms with Crippen molar-refractivity contribution >= 4 is 22.7 Å². The number of halogens is 2. The van der Waals surface area contributed by atoms with Crippen LogP contribution in [0.3, 0.4) is 0 Å². The topological polar surface area (TPSA) is 120 Å². The van der Waals surface area contributed by atoms with Crippen LogP contribution in [0.2, 0.25) is 0 Å². The van der Waals surface area contributed by atoms with Gasteiger partial charge >= 0.3 is 0 Å². The quantitative estimate of drug-likeness (QED) is 0.350. The normalized spacial score (nSPS) is 23.1. The molecule has 40 heavy (non-hydrogen) atoms. The molecule has 2 unspecified atom stereocenters. The van der Waals surface area contributed by atoms with Crippen molar-refractivity contribution in [1.29, 1.82) is 0 Å². The molecule has 2 fully saturated rings. The number of ketones is 1. The van der Waals surface area contributed by atoms with Crippen molar-refractivity contribution in [1.82, 2.24) is 25.6 Å². The summed E-state index contributed by atoms with van der Waals surface area (Å²) in [5, 5.41) is 16.3. The summed E-state index contributed by atoms with van der Waals surface area (Å²) in [6.07, 6.45) is 3.99. The molecule has 4 atom stereocenters. The molecule has 5 rings (SSSR count). The van der Waals surface area contributed by atoms with Crippen LogP contribution in [0.5, 0.6) is 0 Å². The van der Waals surface area contributed by atoms with Crippen molar-refractivity contribution in [2.45, 2.75) is 94.2 Å². The third kappa shape index (κ3) is 5.93. The summed E-state index contributed by atoms with van der Waals surface area (Å²) in [6, 6.07) is 6.64. The average Bonchev–Trinajstić information content (AvgIpc) is 3.57. The smallest absolute Gasteiger partial charge is 0.248 e. The van der Waals surface area contributed by atoms with Crippen LogP contribution < -0.4 is 10.6 Å². The van der Waals surface area contributed by atoms with Gasteiger partial charge in [0.1, 0.15) is 0 Å². The molecule has 2 aromatic heterocycles. The molecule has 2 aliphatic rings. The zero-order valence-electron chi connectivity index (χ0n) is 23.1. The number of aliphatic hydroxyl groups is 1. The van der Waals surface area contributed by atoms with Crippen molar-refractivity contribution in [3.8, 4) is 0 Å². The summed E-state index contributed by atoms with van der Waals surface area (Å²) in [5.74, 6) is -5.32. The highest BCUT2D eigenvalue weighted by Crippen LogP contribution is 2.40. The van der Waals surface area contributed by atoms with Gasteiger partial charge in [-0.1, -0.05) is 45.0 Å². The Morgan fingerprint density at radius 3 is 2.42 bits per heavy atom. The van der Waals surface area contributed by atoms with Crippen molar-refractivity contribution in [2.75, 3.05) is 6.54 Å².